The topological polar surface area (TPSA) is 41.5 Å². The van der Waals surface area contributed by atoms with Gasteiger partial charge in [0, 0.05) is 5.02 Å². The summed E-state index contributed by atoms with van der Waals surface area (Å²) < 4.78 is 39.5. The molecule has 0 radical (unpaired) electrons. The highest BCUT2D eigenvalue weighted by Gasteiger charge is 2.34. The molecule has 1 amide bonds. The maximum Gasteiger partial charge on any atom is 0.418 e. The van der Waals surface area contributed by atoms with Crippen LogP contribution in [-0.2, 0) is 17.4 Å². The van der Waals surface area contributed by atoms with Gasteiger partial charge < -0.3 is 5.32 Å². The summed E-state index contributed by atoms with van der Waals surface area (Å²) in [5.41, 5.74) is 0.743. The second kappa shape index (κ2) is 7.78. The first-order valence-electron chi connectivity index (χ1n) is 8.01. The predicted molar refractivity (Wildman–Crippen MR) is 103 cm³/mol. The number of alkyl halides is 3. The zero-order valence-corrected chi connectivity index (χ0v) is 15.7. The Hall–Kier alpha value is -2.25. The van der Waals surface area contributed by atoms with Crippen molar-refractivity contribution in [3.63, 3.8) is 0 Å². The number of benzene rings is 2. The van der Waals surface area contributed by atoms with Crippen molar-refractivity contribution in [3.8, 4) is 0 Å². The lowest BCUT2D eigenvalue weighted by molar-refractivity contribution is -0.137. The van der Waals surface area contributed by atoms with Crippen LogP contribution in [0, 0.1) is 0 Å². The van der Waals surface area contributed by atoms with Gasteiger partial charge in [0.05, 0.1) is 16.2 Å². The second-order valence-corrected chi connectivity index (χ2v) is 7.20. The molecule has 140 valence electrons. The van der Waals surface area contributed by atoms with E-state index >= 15 is 0 Å². The van der Waals surface area contributed by atoms with E-state index < -0.39 is 17.6 Å². The number of hydrogen-bond acceptors (Lipinski definition) is 3. The summed E-state index contributed by atoms with van der Waals surface area (Å²) in [7, 11) is 0. The average Bonchev–Trinajstić information content (AvgIpc) is 2.95. The highest BCUT2D eigenvalue weighted by molar-refractivity contribution is 8.18. The van der Waals surface area contributed by atoms with E-state index in [1.165, 1.54) is 17.7 Å². The Balaban J connectivity index is 1.88. The summed E-state index contributed by atoms with van der Waals surface area (Å²) in [5.74, 6) is -0.402. The summed E-state index contributed by atoms with van der Waals surface area (Å²) in [5, 5.41) is 2.54. The minimum Gasteiger partial charge on any atom is -0.300 e. The molecule has 0 atom stereocenters. The van der Waals surface area contributed by atoms with E-state index in [-0.39, 0.29) is 15.9 Å². The van der Waals surface area contributed by atoms with Gasteiger partial charge in [-0.1, -0.05) is 42.8 Å². The van der Waals surface area contributed by atoms with E-state index in [2.05, 4.69) is 10.3 Å². The average molecular weight is 411 g/mol. The minimum atomic E-state index is -4.60. The molecule has 0 spiro atoms. The molecule has 27 heavy (non-hydrogen) atoms. The van der Waals surface area contributed by atoms with E-state index in [0.717, 1.165) is 29.8 Å². The van der Waals surface area contributed by atoms with Gasteiger partial charge in [0.25, 0.3) is 5.91 Å². The van der Waals surface area contributed by atoms with Crippen molar-refractivity contribution in [3.05, 3.63) is 69.1 Å². The van der Waals surface area contributed by atoms with Gasteiger partial charge in [-0.2, -0.15) is 13.2 Å². The Bertz CT molecular complexity index is 937. The molecule has 0 bridgehead atoms. The molecule has 0 aromatic heterocycles. The molecule has 0 aliphatic carbocycles. The Morgan fingerprint density at radius 1 is 1.19 bits per heavy atom. The van der Waals surface area contributed by atoms with Gasteiger partial charge in [-0.15, -0.1) is 0 Å². The van der Waals surface area contributed by atoms with Crippen molar-refractivity contribution in [2.75, 3.05) is 0 Å². The number of amidine groups is 1. The first kappa shape index (κ1) is 19.5. The van der Waals surface area contributed by atoms with Crippen LogP contribution in [0.25, 0.3) is 6.08 Å². The molecule has 1 aliphatic rings. The number of nitrogens with zero attached hydrogens (tertiary/aromatic N) is 1. The molecule has 2 aromatic carbocycles. The molecular weight excluding hydrogens is 397 g/mol. The molecule has 0 saturated carbocycles. The first-order chi connectivity index (χ1) is 12.8. The lowest BCUT2D eigenvalue weighted by Gasteiger charge is -2.10. The molecule has 3 rings (SSSR count). The Labute approximate surface area is 163 Å². The third kappa shape index (κ3) is 4.73. The maximum atomic E-state index is 13.2. The van der Waals surface area contributed by atoms with Gasteiger partial charge >= 0.3 is 6.18 Å². The number of thioether (sulfide) groups is 1. The van der Waals surface area contributed by atoms with Crippen molar-refractivity contribution >= 4 is 46.2 Å². The van der Waals surface area contributed by atoms with E-state index in [1.807, 2.05) is 31.2 Å². The van der Waals surface area contributed by atoms with Gasteiger partial charge in [-0.05, 0) is 53.6 Å². The molecule has 3 nitrogen and oxygen atoms in total. The number of carbonyl (C=O) groups excluding carboxylic acids is 1. The van der Waals surface area contributed by atoms with Gasteiger partial charge in [-0.25, -0.2) is 4.99 Å². The van der Waals surface area contributed by atoms with Crippen molar-refractivity contribution in [2.24, 2.45) is 4.99 Å². The summed E-state index contributed by atoms with van der Waals surface area (Å²) >= 11 is 6.66. The summed E-state index contributed by atoms with van der Waals surface area (Å²) in [6, 6.07) is 11.0. The van der Waals surface area contributed by atoms with Crippen LogP contribution in [0.5, 0.6) is 0 Å². The van der Waals surface area contributed by atoms with Crippen LogP contribution in [0.2, 0.25) is 5.02 Å². The van der Waals surface area contributed by atoms with Crippen LogP contribution in [0.3, 0.4) is 0 Å². The molecule has 1 aliphatic heterocycles. The van der Waals surface area contributed by atoms with Crippen molar-refractivity contribution in [1.29, 1.82) is 0 Å². The van der Waals surface area contributed by atoms with Gasteiger partial charge in [-0.3, -0.25) is 4.79 Å². The standard InChI is InChI=1S/C19H14ClF3N2OS/c1-2-11-3-5-12(6-4-11)9-16-17(26)25-18(27-16)24-15-8-7-13(20)10-14(15)19(21,22)23/h3-10H,2H2,1H3,(H,24,25,26). The third-order valence-corrected chi connectivity index (χ3v) is 4.97. The molecule has 8 heteroatoms. The number of amides is 1. The smallest absolute Gasteiger partial charge is 0.300 e. The number of nitrogens with one attached hydrogen (secondary N) is 1. The number of carbonyl (C=O) groups is 1. The molecular formula is C19H14ClF3N2OS. The number of hydrogen-bond donors (Lipinski definition) is 1. The van der Waals surface area contributed by atoms with Crippen LogP contribution in [0.1, 0.15) is 23.6 Å². The van der Waals surface area contributed by atoms with Crippen LogP contribution < -0.4 is 5.32 Å². The monoisotopic (exact) mass is 410 g/mol. The highest BCUT2D eigenvalue weighted by Crippen LogP contribution is 2.39. The van der Waals surface area contributed by atoms with Gasteiger partial charge in [0.1, 0.15) is 0 Å². The minimum absolute atomic E-state index is 0.0366. The second-order valence-electron chi connectivity index (χ2n) is 5.74. The molecule has 0 unspecified atom stereocenters. The fourth-order valence-electron chi connectivity index (χ4n) is 2.42. The van der Waals surface area contributed by atoms with Crippen LogP contribution in [0.4, 0.5) is 18.9 Å². The predicted octanol–water partition coefficient (Wildman–Crippen LogP) is 5.81. The fraction of sp³-hybridized carbons (Fsp3) is 0.158. The molecule has 2 aromatic rings. The normalized spacial score (nSPS) is 17.6. The van der Waals surface area contributed by atoms with E-state index in [9.17, 15) is 18.0 Å². The maximum absolute atomic E-state index is 13.2. The highest BCUT2D eigenvalue weighted by atomic mass is 35.5. The number of halogens is 4. The largest absolute Gasteiger partial charge is 0.418 e. The Kier molecular flexibility index (Phi) is 5.62. The van der Waals surface area contributed by atoms with Crippen molar-refractivity contribution < 1.29 is 18.0 Å². The number of aryl methyl sites for hydroxylation is 1. The summed E-state index contributed by atoms with van der Waals surface area (Å²) in [4.78, 5) is 16.4. The van der Waals surface area contributed by atoms with Crippen molar-refractivity contribution in [2.45, 2.75) is 19.5 Å². The first-order valence-corrected chi connectivity index (χ1v) is 9.21. The lowest BCUT2D eigenvalue weighted by atomic mass is 10.1. The van der Waals surface area contributed by atoms with E-state index in [0.29, 0.717) is 4.91 Å². The van der Waals surface area contributed by atoms with E-state index in [1.54, 1.807) is 6.08 Å². The molecule has 1 N–H and O–H groups in total. The summed E-state index contributed by atoms with van der Waals surface area (Å²) in [6.07, 6.45) is -2.02. The van der Waals surface area contributed by atoms with Gasteiger partial charge in [0.15, 0.2) is 5.17 Å². The van der Waals surface area contributed by atoms with Gasteiger partial charge in [0.2, 0.25) is 0 Å². The zero-order chi connectivity index (χ0) is 19.6. The number of rotatable bonds is 3. The third-order valence-electron chi connectivity index (χ3n) is 3.82. The summed E-state index contributed by atoms with van der Waals surface area (Å²) in [6.45, 7) is 2.04. The molecule has 1 saturated heterocycles. The van der Waals surface area contributed by atoms with Crippen LogP contribution in [-0.4, -0.2) is 11.1 Å². The lowest BCUT2D eigenvalue weighted by Crippen LogP contribution is -2.19. The van der Waals surface area contributed by atoms with Crippen LogP contribution in [0.15, 0.2) is 52.4 Å². The Morgan fingerprint density at radius 3 is 2.52 bits per heavy atom. The Morgan fingerprint density at radius 2 is 1.89 bits per heavy atom. The van der Waals surface area contributed by atoms with Crippen LogP contribution >= 0.6 is 23.4 Å². The zero-order valence-electron chi connectivity index (χ0n) is 14.1. The molecule has 1 heterocycles. The quantitative estimate of drug-likeness (QED) is 0.648. The number of aliphatic imine (C=N–C) groups is 1. The molecule has 1 fully saturated rings. The SMILES string of the molecule is CCc1ccc(C=C2SC(=Nc3ccc(Cl)cc3C(F)(F)F)NC2=O)cc1. The van der Waals surface area contributed by atoms with Crippen molar-refractivity contribution in [1.82, 2.24) is 5.32 Å². The fourth-order valence-corrected chi connectivity index (χ4v) is 3.43. The van der Waals surface area contributed by atoms with E-state index in [4.69, 9.17) is 11.6 Å².